The molecule has 0 unspecified atom stereocenters. The van der Waals surface area contributed by atoms with Crippen LogP contribution < -0.4 is 11.1 Å². The van der Waals surface area contributed by atoms with Crippen LogP contribution in [0.3, 0.4) is 0 Å². The highest BCUT2D eigenvalue weighted by Crippen LogP contribution is 2.33. The number of carbonyl (C=O) groups excluding carboxylic acids is 2. The van der Waals surface area contributed by atoms with Gasteiger partial charge in [0.25, 0.3) is 5.91 Å². The van der Waals surface area contributed by atoms with Crippen LogP contribution in [-0.4, -0.2) is 39.8 Å². The fourth-order valence-electron chi connectivity index (χ4n) is 3.88. The molecule has 3 rings (SSSR count). The molecule has 0 saturated carbocycles. The second-order valence-corrected chi connectivity index (χ2v) is 9.66. The number of nitrogens with one attached hydrogen (secondary N) is 1. The Kier molecular flexibility index (Phi) is 9.06. The van der Waals surface area contributed by atoms with Crippen molar-refractivity contribution < 1.29 is 31.5 Å². The van der Waals surface area contributed by atoms with Crippen LogP contribution in [-0.2, 0) is 30.4 Å². The maximum atomic E-state index is 13.9. The molecule has 198 valence electrons. The number of rotatable bonds is 5. The number of hydrogen-bond acceptors (Lipinski definition) is 4. The summed E-state index contributed by atoms with van der Waals surface area (Å²) in [5.41, 5.74) is 3.88. The van der Waals surface area contributed by atoms with Crippen LogP contribution in [0.4, 0.5) is 22.0 Å². The van der Waals surface area contributed by atoms with E-state index >= 15 is 0 Å². The Morgan fingerprint density at radius 1 is 1.17 bits per heavy atom. The summed E-state index contributed by atoms with van der Waals surface area (Å²) >= 11 is 0. The standard InChI is InChI=1S/C24H27F5N4O2.ClH/c1-23(2,3)32-22(35)17-10-13-6-7-33(12-19(13)31-21(17)24(27,28)29)20(34)11-16(30)9-14-8-15(25)4-5-18(14)26;/h4-5,8,10,16H,6-7,9,11-12,30H2,1-3H3,(H,32,35);1H/t16-;/m1./s1. The van der Waals surface area contributed by atoms with Crippen LogP contribution in [0, 0.1) is 11.6 Å². The first-order chi connectivity index (χ1) is 16.1. The van der Waals surface area contributed by atoms with Gasteiger partial charge in [0.05, 0.1) is 17.8 Å². The smallest absolute Gasteiger partial charge is 0.347 e. The van der Waals surface area contributed by atoms with E-state index in [2.05, 4.69) is 10.3 Å². The van der Waals surface area contributed by atoms with Gasteiger partial charge in [-0.2, -0.15) is 13.2 Å². The van der Waals surface area contributed by atoms with Gasteiger partial charge in [-0.1, -0.05) is 0 Å². The Balaban J connectivity index is 0.00000456. The zero-order valence-electron chi connectivity index (χ0n) is 20.0. The molecule has 0 bridgehead atoms. The van der Waals surface area contributed by atoms with Gasteiger partial charge < -0.3 is 16.0 Å². The van der Waals surface area contributed by atoms with Crippen molar-refractivity contribution in [1.29, 1.82) is 0 Å². The molecular weight excluding hydrogens is 507 g/mol. The van der Waals surface area contributed by atoms with Crippen LogP contribution >= 0.6 is 12.4 Å². The van der Waals surface area contributed by atoms with Gasteiger partial charge in [-0.3, -0.25) is 9.59 Å². The molecule has 1 aliphatic heterocycles. The molecular formula is C24H28ClF5N4O2. The molecule has 0 radical (unpaired) electrons. The van der Waals surface area contributed by atoms with Crippen LogP contribution in [0.1, 0.15) is 60.1 Å². The van der Waals surface area contributed by atoms with Gasteiger partial charge in [0.1, 0.15) is 11.6 Å². The van der Waals surface area contributed by atoms with Gasteiger partial charge in [0.2, 0.25) is 5.91 Å². The first-order valence-corrected chi connectivity index (χ1v) is 11.0. The van der Waals surface area contributed by atoms with Gasteiger partial charge in [0, 0.05) is 24.5 Å². The van der Waals surface area contributed by atoms with E-state index in [4.69, 9.17) is 5.73 Å². The molecule has 1 aromatic heterocycles. The molecule has 0 saturated heterocycles. The molecule has 36 heavy (non-hydrogen) atoms. The molecule has 2 aromatic rings. The van der Waals surface area contributed by atoms with E-state index < -0.39 is 52.5 Å². The lowest BCUT2D eigenvalue weighted by molar-refractivity contribution is -0.141. The van der Waals surface area contributed by atoms with E-state index in [0.29, 0.717) is 5.56 Å². The van der Waals surface area contributed by atoms with Gasteiger partial charge >= 0.3 is 6.18 Å². The second-order valence-electron chi connectivity index (χ2n) is 9.66. The fraction of sp³-hybridized carbons (Fsp3) is 0.458. The number of halogens is 6. The highest BCUT2D eigenvalue weighted by atomic mass is 35.5. The summed E-state index contributed by atoms with van der Waals surface area (Å²) in [6.45, 7) is 4.97. The Bertz CT molecular complexity index is 1130. The SMILES string of the molecule is CC(C)(C)NC(=O)c1cc2c(nc1C(F)(F)F)CN(C(=O)C[C@H](N)Cc1cc(F)ccc1F)CC2.Cl. The summed E-state index contributed by atoms with van der Waals surface area (Å²) in [7, 11) is 0. The third kappa shape index (κ3) is 7.36. The van der Waals surface area contributed by atoms with Crippen molar-refractivity contribution >= 4 is 24.2 Å². The van der Waals surface area contributed by atoms with Crippen molar-refractivity contribution in [2.75, 3.05) is 6.54 Å². The number of fused-ring (bicyclic) bond motifs is 1. The lowest BCUT2D eigenvalue weighted by atomic mass is 9.98. The molecule has 0 aliphatic carbocycles. The minimum Gasteiger partial charge on any atom is -0.347 e. The third-order valence-electron chi connectivity index (χ3n) is 5.46. The van der Waals surface area contributed by atoms with Crippen LogP contribution in [0.5, 0.6) is 0 Å². The van der Waals surface area contributed by atoms with Crippen molar-refractivity contribution in [1.82, 2.24) is 15.2 Å². The molecule has 0 spiro atoms. The predicted molar refractivity (Wildman–Crippen MR) is 125 cm³/mol. The lowest BCUT2D eigenvalue weighted by Crippen LogP contribution is -2.42. The molecule has 0 fully saturated rings. The Morgan fingerprint density at radius 3 is 2.44 bits per heavy atom. The highest BCUT2D eigenvalue weighted by molar-refractivity contribution is 5.96. The van der Waals surface area contributed by atoms with Gasteiger partial charge in [-0.25, -0.2) is 13.8 Å². The van der Waals surface area contributed by atoms with E-state index in [1.54, 1.807) is 20.8 Å². The number of pyridine rings is 1. The summed E-state index contributed by atoms with van der Waals surface area (Å²) in [4.78, 5) is 30.3. The number of nitrogens with two attached hydrogens (primary N) is 1. The summed E-state index contributed by atoms with van der Waals surface area (Å²) in [6, 6.07) is 3.32. The number of amides is 2. The molecule has 1 aliphatic rings. The van der Waals surface area contributed by atoms with Crippen molar-refractivity contribution in [3.05, 3.63) is 64.0 Å². The van der Waals surface area contributed by atoms with Crippen molar-refractivity contribution in [2.45, 2.75) is 64.3 Å². The number of hydrogen-bond donors (Lipinski definition) is 2. The minimum atomic E-state index is -4.87. The largest absolute Gasteiger partial charge is 0.434 e. The average molecular weight is 535 g/mol. The first kappa shape index (κ1) is 29.4. The van der Waals surface area contributed by atoms with E-state index in [-0.39, 0.29) is 56.0 Å². The van der Waals surface area contributed by atoms with Gasteiger partial charge in [0.15, 0.2) is 5.69 Å². The van der Waals surface area contributed by atoms with Crippen molar-refractivity contribution in [3.63, 3.8) is 0 Å². The van der Waals surface area contributed by atoms with E-state index in [1.807, 2.05) is 0 Å². The molecule has 12 heteroatoms. The minimum absolute atomic E-state index is 0. The zero-order valence-corrected chi connectivity index (χ0v) is 20.8. The first-order valence-electron chi connectivity index (χ1n) is 11.0. The number of benzene rings is 1. The van der Waals surface area contributed by atoms with Crippen molar-refractivity contribution in [2.24, 2.45) is 5.73 Å². The molecule has 2 heterocycles. The number of carbonyl (C=O) groups is 2. The zero-order chi connectivity index (χ0) is 26.1. The normalized spacial score (nSPS) is 14.5. The number of alkyl halides is 3. The van der Waals surface area contributed by atoms with Gasteiger partial charge in [-0.05, 0) is 69.0 Å². The van der Waals surface area contributed by atoms with E-state index in [0.717, 1.165) is 18.2 Å². The Morgan fingerprint density at radius 2 is 1.83 bits per heavy atom. The fourth-order valence-corrected chi connectivity index (χ4v) is 3.88. The van der Waals surface area contributed by atoms with Crippen LogP contribution in [0.15, 0.2) is 24.3 Å². The number of aromatic nitrogens is 1. The van der Waals surface area contributed by atoms with Crippen LogP contribution in [0.25, 0.3) is 0 Å². The third-order valence-corrected chi connectivity index (χ3v) is 5.46. The lowest BCUT2D eigenvalue weighted by Gasteiger charge is -2.30. The maximum Gasteiger partial charge on any atom is 0.434 e. The molecule has 3 N–H and O–H groups in total. The second kappa shape index (κ2) is 11.1. The average Bonchev–Trinajstić information content (AvgIpc) is 2.73. The van der Waals surface area contributed by atoms with Gasteiger partial charge in [-0.15, -0.1) is 12.4 Å². The van der Waals surface area contributed by atoms with Crippen LogP contribution in [0.2, 0.25) is 0 Å². The maximum absolute atomic E-state index is 13.9. The molecule has 1 aromatic carbocycles. The summed E-state index contributed by atoms with van der Waals surface area (Å²) < 4.78 is 68.4. The highest BCUT2D eigenvalue weighted by Gasteiger charge is 2.39. The summed E-state index contributed by atoms with van der Waals surface area (Å²) in [5, 5.41) is 2.52. The van der Waals surface area contributed by atoms with Crippen molar-refractivity contribution in [3.8, 4) is 0 Å². The number of nitrogens with zero attached hydrogens (tertiary/aromatic N) is 2. The molecule has 1 atom stereocenters. The summed E-state index contributed by atoms with van der Waals surface area (Å²) in [6.07, 6.45) is -4.95. The predicted octanol–water partition coefficient (Wildman–Crippen LogP) is 4.17. The van der Waals surface area contributed by atoms with E-state index in [9.17, 15) is 31.5 Å². The Labute approximate surface area is 211 Å². The van der Waals surface area contributed by atoms with E-state index in [1.165, 1.54) is 11.0 Å². The topological polar surface area (TPSA) is 88.3 Å². The quantitative estimate of drug-likeness (QED) is 0.564. The Hall–Kier alpha value is -2.79. The summed E-state index contributed by atoms with van der Waals surface area (Å²) in [5.74, 6) is -2.59. The monoisotopic (exact) mass is 534 g/mol. The molecule has 2 amide bonds. The molecule has 6 nitrogen and oxygen atoms in total.